The van der Waals surface area contributed by atoms with Crippen LogP contribution in [0.25, 0.3) is 0 Å². The summed E-state index contributed by atoms with van der Waals surface area (Å²) in [5, 5.41) is 3.27. The van der Waals surface area contributed by atoms with Crippen molar-refractivity contribution in [1.29, 1.82) is 0 Å². The van der Waals surface area contributed by atoms with E-state index >= 15 is 0 Å². The number of rotatable bonds is 4. The molecule has 2 heterocycles. The first-order valence-corrected chi connectivity index (χ1v) is 7.91. The van der Waals surface area contributed by atoms with Gasteiger partial charge in [-0.25, -0.2) is 0 Å². The summed E-state index contributed by atoms with van der Waals surface area (Å²) < 4.78 is 5.40. The Hall–Kier alpha value is -1.36. The molecule has 0 spiro atoms. The predicted molar refractivity (Wildman–Crippen MR) is 80.7 cm³/mol. The first-order valence-electron chi connectivity index (χ1n) is 7.91. The predicted octanol–water partition coefficient (Wildman–Crippen LogP) is 1.49. The zero-order valence-corrected chi connectivity index (χ0v) is 12.9. The SMILES string of the molecule is C=CC(=O)N1CCC(C(=O)NC2(CC)CCOCC2)CC1. The third-order valence-electron chi connectivity index (χ3n) is 4.87. The summed E-state index contributed by atoms with van der Waals surface area (Å²) in [6.45, 7) is 8.36. The van der Waals surface area contributed by atoms with E-state index in [0.717, 1.165) is 45.3 Å². The molecule has 0 atom stereocenters. The molecule has 0 unspecified atom stereocenters. The van der Waals surface area contributed by atoms with Crippen LogP contribution >= 0.6 is 0 Å². The molecule has 118 valence electrons. The van der Waals surface area contributed by atoms with Crippen molar-refractivity contribution in [1.82, 2.24) is 10.2 Å². The van der Waals surface area contributed by atoms with Crippen LogP contribution in [0.15, 0.2) is 12.7 Å². The minimum Gasteiger partial charge on any atom is -0.381 e. The summed E-state index contributed by atoms with van der Waals surface area (Å²) in [5.74, 6) is 0.123. The van der Waals surface area contributed by atoms with Crippen molar-refractivity contribution < 1.29 is 14.3 Å². The number of nitrogens with one attached hydrogen (secondary N) is 1. The van der Waals surface area contributed by atoms with Crippen LogP contribution in [0.3, 0.4) is 0 Å². The average molecular weight is 294 g/mol. The molecule has 0 aliphatic carbocycles. The Bertz CT molecular complexity index is 394. The smallest absolute Gasteiger partial charge is 0.245 e. The van der Waals surface area contributed by atoms with Gasteiger partial charge in [-0.2, -0.15) is 0 Å². The summed E-state index contributed by atoms with van der Waals surface area (Å²) in [4.78, 5) is 25.8. The van der Waals surface area contributed by atoms with E-state index in [0.29, 0.717) is 13.1 Å². The van der Waals surface area contributed by atoms with Gasteiger partial charge in [-0.15, -0.1) is 0 Å². The number of carbonyl (C=O) groups excluding carboxylic acids is 2. The van der Waals surface area contributed by atoms with Gasteiger partial charge in [0.1, 0.15) is 0 Å². The number of hydrogen-bond acceptors (Lipinski definition) is 3. The fourth-order valence-corrected chi connectivity index (χ4v) is 3.18. The Labute approximate surface area is 126 Å². The highest BCUT2D eigenvalue weighted by molar-refractivity contribution is 5.87. The number of amides is 2. The van der Waals surface area contributed by atoms with Gasteiger partial charge >= 0.3 is 0 Å². The Morgan fingerprint density at radius 2 is 1.95 bits per heavy atom. The third-order valence-corrected chi connectivity index (χ3v) is 4.87. The molecule has 5 heteroatoms. The molecule has 5 nitrogen and oxygen atoms in total. The van der Waals surface area contributed by atoms with E-state index in [9.17, 15) is 9.59 Å². The highest BCUT2D eigenvalue weighted by atomic mass is 16.5. The Kier molecular flexibility index (Phi) is 5.39. The second-order valence-corrected chi connectivity index (χ2v) is 6.04. The number of carbonyl (C=O) groups is 2. The van der Waals surface area contributed by atoms with E-state index in [2.05, 4.69) is 18.8 Å². The normalized spacial score (nSPS) is 22.6. The largest absolute Gasteiger partial charge is 0.381 e. The van der Waals surface area contributed by atoms with Crippen molar-refractivity contribution in [3.8, 4) is 0 Å². The molecular formula is C16H26N2O3. The van der Waals surface area contributed by atoms with Crippen LogP contribution in [0.5, 0.6) is 0 Å². The highest BCUT2D eigenvalue weighted by Gasteiger charge is 2.35. The monoisotopic (exact) mass is 294 g/mol. The Balaban J connectivity index is 1.86. The molecule has 0 saturated carbocycles. The average Bonchev–Trinajstić information content (AvgIpc) is 2.55. The molecule has 0 radical (unpaired) electrons. The minimum atomic E-state index is -0.0938. The van der Waals surface area contributed by atoms with Gasteiger partial charge in [-0.05, 0) is 38.2 Å². The van der Waals surface area contributed by atoms with Gasteiger partial charge < -0.3 is 15.0 Å². The van der Waals surface area contributed by atoms with Crippen molar-refractivity contribution in [3.05, 3.63) is 12.7 Å². The van der Waals surface area contributed by atoms with Crippen LogP contribution in [0.4, 0.5) is 0 Å². The second kappa shape index (κ2) is 7.07. The molecule has 2 aliphatic rings. The highest BCUT2D eigenvalue weighted by Crippen LogP contribution is 2.26. The molecule has 0 aromatic heterocycles. The standard InChI is InChI=1S/C16H26N2O3/c1-3-14(19)18-9-5-13(6-10-18)15(20)17-16(4-2)7-11-21-12-8-16/h3,13H,1,4-12H2,2H3,(H,17,20). The van der Waals surface area contributed by atoms with Crippen LogP contribution in [0, 0.1) is 5.92 Å². The van der Waals surface area contributed by atoms with Gasteiger partial charge in [-0.1, -0.05) is 13.5 Å². The quantitative estimate of drug-likeness (QED) is 0.799. The molecule has 21 heavy (non-hydrogen) atoms. The van der Waals surface area contributed by atoms with E-state index in [4.69, 9.17) is 4.74 Å². The van der Waals surface area contributed by atoms with E-state index in [1.54, 1.807) is 4.90 Å². The molecule has 2 aliphatic heterocycles. The van der Waals surface area contributed by atoms with Crippen molar-refractivity contribution >= 4 is 11.8 Å². The van der Waals surface area contributed by atoms with Gasteiger partial charge in [0.2, 0.25) is 11.8 Å². The maximum absolute atomic E-state index is 12.5. The zero-order valence-electron chi connectivity index (χ0n) is 12.9. The van der Waals surface area contributed by atoms with E-state index in [-0.39, 0.29) is 23.3 Å². The lowest BCUT2D eigenvalue weighted by Gasteiger charge is -2.39. The molecule has 2 fully saturated rings. The molecule has 2 rings (SSSR count). The summed E-state index contributed by atoms with van der Waals surface area (Å²) in [7, 11) is 0. The van der Waals surface area contributed by atoms with Crippen molar-refractivity contribution in [2.24, 2.45) is 5.92 Å². The summed E-state index contributed by atoms with van der Waals surface area (Å²) in [6, 6.07) is 0. The first kappa shape index (κ1) is 16.0. The van der Waals surface area contributed by atoms with Gasteiger partial charge in [0.15, 0.2) is 0 Å². The summed E-state index contributed by atoms with van der Waals surface area (Å²) >= 11 is 0. The number of nitrogens with zero attached hydrogens (tertiary/aromatic N) is 1. The van der Waals surface area contributed by atoms with E-state index in [1.165, 1.54) is 6.08 Å². The number of likely N-dealkylation sites (tertiary alicyclic amines) is 1. The van der Waals surface area contributed by atoms with Gasteiger partial charge in [0.25, 0.3) is 0 Å². The fourth-order valence-electron chi connectivity index (χ4n) is 3.18. The van der Waals surface area contributed by atoms with Gasteiger partial charge in [0.05, 0.1) is 0 Å². The lowest BCUT2D eigenvalue weighted by molar-refractivity contribution is -0.134. The molecule has 2 amide bonds. The number of piperidine rings is 1. The minimum absolute atomic E-state index is 0.0186. The maximum Gasteiger partial charge on any atom is 0.245 e. The summed E-state index contributed by atoms with van der Waals surface area (Å²) in [6.07, 6.45) is 5.54. The van der Waals surface area contributed by atoms with Gasteiger partial charge in [0, 0.05) is 37.8 Å². The van der Waals surface area contributed by atoms with Crippen LogP contribution in [0.1, 0.15) is 39.0 Å². The van der Waals surface area contributed by atoms with Crippen LogP contribution in [0.2, 0.25) is 0 Å². The van der Waals surface area contributed by atoms with Crippen molar-refractivity contribution in [3.63, 3.8) is 0 Å². The topological polar surface area (TPSA) is 58.6 Å². The lowest BCUT2D eigenvalue weighted by Crippen LogP contribution is -2.54. The fraction of sp³-hybridized carbons (Fsp3) is 0.750. The Morgan fingerprint density at radius 3 is 2.48 bits per heavy atom. The second-order valence-electron chi connectivity index (χ2n) is 6.04. The molecule has 0 bridgehead atoms. The zero-order chi connectivity index (χ0) is 15.3. The molecule has 0 aromatic carbocycles. The maximum atomic E-state index is 12.5. The molecule has 2 saturated heterocycles. The number of ether oxygens (including phenoxy) is 1. The van der Waals surface area contributed by atoms with E-state index in [1.807, 2.05) is 0 Å². The number of hydrogen-bond donors (Lipinski definition) is 1. The first-order chi connectivity index (χ1) is 10.1. The lowest BCUT2D eigenvalue weighted by atomic mass is 9.85. The van der Waals surface area contributed by atoms with Crippen LogP contribution < -0.4 is 5.32 Å². The van der Waals surface area contributed by atoms with E-state index < -0.39 is 0 Å². The Morgan fingerprint density at radius 1 is 1.33 bits per heavy atom. The van der Waals surface area contributed by atoms with Crippen molar-refractivity contribution in [2.45, 2.75) is 44.6 Å². The van der Waals surface area contributed by atoms with Crippen LogP contribution in [-0.4, -0.2) is 48.6 Å². The molecule has 0 aromatic rings. The van der Waals surface area contributed by atoms with Gasteiger partial charge in [-0.3, -0.25) is 9.59 Å². The van der Waals surface area contributed by atoms with Crippen LogP contribution in [-0.2, 0) is 14.3 Å². The summed E-state index contributed by atoms with van der Waals surface area (Å²) in [5.41, 5.74) is -0.0938. The molecule has 1 N–H and O–H groups in total. The molecular weight excluding hydrogens is 268 g/mol. The van der Waals surface area contributed by atoms with Crippen molar-refractivity contribution in [2.75, 3.05) is 26.3 Å². The third kappa shape index (κ3) is 3.84.